The van der Waals surface area contributed by atoms with Crippen LogP contribution in [0.15, 0.2) is 5.11 Å². The third-order valence-corrected chi connectivity index (χ3v) is 2.94. The van der Waals surface area contributed by atoms with E-state index in [0.29, 0.717) is 22.4 Å². The molecule has 84 valence electrons. The van der Waals surface area contributed by atoms with E-state index in [1.54, 1.807) is 27.7 Å². The lowest BCUT2D eigenvalue weighted by atomic mass is 9.92. The topological polar surface area (TPSA) is 86.1 Å². The summed E-state index contributed by atoms with van der Waals surface area (Å²) < 4.78 is 0. The summed E-state index contributed by atoms with van der Waals surface area (Å²) in [7, 11) is 0. The largest absolute Gasteiger partial charge is 0.478 e. The van der Waals surface area contributed by atoms with Crippen LogP contribution < -0.4 is 0 Å². The molecule has 0 unspecified atom stereocenters. The first-order valence-electron chi connectivity index (χ1n) is 4.80. The smallest absolute Gasteiger partial charge is 0.336 e. The molecular formula is C11H13N3O2. The predicted molar refractivity (Wildman–Crippen MR) is 61.2 cm³/mol. The van der Waals surface area contributed by atoms with Crippen molar-refractivity contribution in [3.05, 3.63) is 38.3 Å². The third-order valence-electron chi connectivity index (χ3n) is 2.94. The van der Waals surface area contributed by atoms with E-state index in [-0.39, 0.29) is 0 Å². The lowest BCUT2D eigenvalue weighted by Crippen LogP contribution is -2.06. The summed E-state index contributed by atoms with van der Waals surface area (Å²) in [5, 5.41) is 12.7. The van der Waals surface area contributed by atoms with E-state index in [9.17, 15) is 4.79 Å². The standard InChI is InChI=1S/C11H13N3O2/c1-5-7(3)10(13-14-12)8(4)6(2)9(5)11(15)16/h1-4H3,(H,15,16). The Kier molecular flexibility index (Phi) is 3.20. The fourth-order valence-corrected chi connectivity index (χ4v) is 1.81. The average Bonchev–Trinajstić information content (AvgIpc) is 2.21. The molecule has 0 aliphatic rings. The van der Waals surface area contributed by atoms with Gasteiger partial charge in [0.1, 0.15) is 0 Å². The van der Waals surface area contributed by atoms with Crippen LogP contribution in [0, 0.1) is 27.7 Å². The van der Waals surface area contributed by atoms with Crippen LogP contribution >= 0.6 is 0 Å². The van der Waals surface area contributed by atoms with Crippen molar-refractivity contribution < 1.29 is 9.90 Å². The van der Waals surface area contributed by atoms with Crippen molar-refractivity contribution in [2.24, 2.45) is 5.11 Å². The first kappa shape index (κ1) is 12.1. The molecule has 0 heterocycles. The van der Waals surface area contributed by atoms with E-state index in [1.165, 1.54) is 0 Å². The fourth-order valence-electron chi connectivity index (χ4n) is 1.81. The van der Waals surface area contributed by atoms with E-state index in [1.807, 2.05) is 0 Å². The number of rotatable bonds is 2. The molecule has 0 spiro atoms. The zero-order valence-corrected chi connectivity index (χ0v) is 9.70. The molecule has 0 bridgehead atoms. The van der Waals surface area contributed by atoms with Crippen molar-refractivity contribution in [2.45, 2.75) is 27.7 Å². The van der Waals surface area contributed by atoms with Gasteiger partial charge in [0.2, 0.25) is 0 Å². The number of carboxylic acids is 1. The minimum Gasteiger partial charge on any atom is -0.478 e. The Labute approximate surface area is 93.3 Å². The van der Waals surface area contributed by atoms with Gasteiger partial charge in [0.25, 0.3) is 0 Å². The van der Waals surface area contributed by atoms with Gasteiger partial charge in [0.15, 0.2) is 0 Å². The summed E-state index contributed by atoms with van der Waals surface area (Å²) in [5.41, 5.74) is 12.0. The van der Waals surface area contributed by atoms with Crippen molar-refractivity contribution in [1.29, 1.82) is 0 Å². The lowest BCUT2D eigenvalue weighted by molar-refractivity contribution is 0.0695. The van der Waals surface area contributed by atoms with E-state index in [2.05, 4.69) is 10.0 Å². The normalized spacial score (nSPS) is 9.75. The number of hydrogen-bond donors (Lipinski definition) is 1. The van der Waals surface area contributed by atoms with Gasteiger partial charge in [-0.25, -0.2) is 4.79 Å². The van der Waals surface area contributed by atoms with Crippen molar-refractivity contribution in [3.8, 4) is 0 Å². The van der Waals surface area contributed by atoms with Crippen molar-refractivity contribution >= 4 is 11.7 Å². The molecule has 1 rings (SSSR count). The molecule has 16 heavy (non-hydrogen) atoms. The Bertz CT molecular complexity index is 452. The molecular weight excluding hydrogens is 206 g/mol. The maximum absolute atomic E-state index is 11.1. The molecule has 0 fully saturated rings. The van der Waals surface area contributed by atoms with Crippen molar-refractivity contribution in [3.63, 3.8) is 0 Å². The number of carbonyl (C=O) groups is 1. The van der Waals surface area contributed by atoms with Crippen LogP contribution in [0.4, 0.5) is 5.69 Å². The van der Waals surface area contributed by atoms with Gasteiger partial charge in [-0.2, -0.15) is 0 Å². The van der Waals surface area contributed by atoms with Gasteiger partial charge in [-0.1, -0.05) is 5.11 Å². The predicted octanol–water partition coefficient (Wildman–Crippen LogP) is 3.56. The maximum atomic E-state index is 11.1. The first-order chi connectivity index (χ1) is 7.41. The van der Waals surface area contributed by atoms with Gasteiger partial charge in [-0.15, -0.1) is 0 Å². The minimum absolute atomic E-state index is 0.298. The van der Waals surface area contributed by atoms with Crippen LogP contribution in [0.2, 0.25) is 0 Å². The van der Waals surface area contributed by atoms with Crippen LogP contribution in [-0.2, 0) is 0 Å². The quantitative estimate of drug-likeness (QED) is 0.468. The van der Waals surface area contributed by atoms with Gasteiger partial charge in [0, 0.05) is 10.6 Å². The summed E-state index contributed by atoms with van der Waals surface area (Å²) in [6.45, 7) is 6.97. The number of carboxylic acid groups (broad SMARTS) is 1. The molecule has 5 heteroatoms. The number of azide groups is 1. The fraction of sp³-hybridized carbons (Fsp3) is 0.364. The van der Waals surface area contributed by atoms with Crippen molar-refractivity contribution in [2.75, 3.05) is 0 Å². The molecule has 0 aliphatic heterocycles. The van der Waals surface area contributed by atoms with Crippen LogP contribution in [0.3, 0.4) is 0 Å². The Morgan fingerprint density at radius 2 is 1.56 bits per heavy atom. The Balaban J connectivity index is 3.76. The maximum Gasteiger partial charge on any atom is 0.336 e. The second kappa shape index (κ2) is 4.24. The summed E-state index contributed by atoms with van der Waals surface area (Å²) >= 11 is 0. The molecule has 1 N–H and O–H groups in total. The highest BCUT2D eigenvalue weighted by Crippen LogP contribution is 2.32. The molecule has 0 atom stereocenters. The molecule has 0 aromatic heterocycles. The zero-order valence-electron chi connectivity index (χ0n) is 9.70. The minimum atomic E-state index is -0.950. The molecule has 5 nitrogen and oxygen atoms in total. The second-order valence-electron chi connectivity index (χ2n) is 3.72. The van der Waals surface area contributed by atoms with E-state index in [4.69, 9.17) is 10.6 Å². The highest BCUT2D eigenvalue weighted by molar-refractivity contribution is 5.93. The van der Waals surface area contributed by atoms with E-state index >= 15 is 0 Å². The van der Waals surface area contributed by atoms with Crippen molar-refractivity contribution in [1.82, 2.24) is 0 Å². The van der Waals surface area contributed by atoms with Gasteiger partial charge in [-0.3, -0.25) is 0 Å². The Morgan fingerprint density at radius 1 is 1.12 bits per heavy atom. The summed E-state index contributed by atoms with van der Waals surface area (Å²) in [6.07, 6.45) is 0. The van der Waals surface area contributed by atoms with Gasteiger partial charge >= 0.3 is 5.97 Å². The van der Waals surface area contributed by atoms with Crippen LogP contribution in [0.5, 0.6) is 0 Å². The molecule has 1 aromatic carbocycles. The Hall–Kier alpha value is -2.00. The number of hydrogen-bond acceptors (Lipinski definition) is 2. The lowest BCUT2D eigenvalue weighted by Gasteiger charge is -2.15. The van der Waals surface area contributed by atoms with Crippen LogP contribution in [0.25, 0.3) is 10.4 Å². The summed E-state index contributed by atoms with van der Waals surface area (Å²) in [4.78, 5) is 13.9. The highest BCUT2D eigenvalue weighted by Gasteiger charge is 2.18. The molecule has 0 radical (unpaired) electrons. The van der Waals surface area contributed by atoms with Crippen LogP contribution in [0.1, 0.15) is 32.6 Å². The number of nitrogens with zero attached hydrogens (tertiary/aromatic N) is 3. The van der Waals surface area contributed by atoms with Crippen LogP contribution in [-0.4, -0.2) is 11.1 Å². The number of aromatic carboxylic acids is 1. The zero-order chi connectivity index (χ0) is 12.5. The average molecular weight is 219 g/mol. The van der Waals surface area contributed by atoms with Gasteiger partial charge in [0.05, 0.1) is 5.56 Å². The SMILES string of the molecule is Cc1c(C)c(C(=O)O)c(C)c(C)c1N=[N+]=[N-]. The van der Waals surface area contributed by atoms with E-state index < -0.39 is 5.97 Å². The highest BCUT2D eigenvalue weighted by atomic mass is 16.4. The van der Waals surface area contributed by atoms with Gasteiger partial charge in [-0.05, 0) is 55.5 Å². The Morgan fingerprint density at radius 3 is 1.88 bits per heavy atom. The third kappa shape index (κ3) is 1.73. The summed E-state index contributed by atoms with van der Waals surface area (Å²) in [6, 6.07) is 0. The first-order valence-corrected chi connectivity index (χ1v) is 4.80. The van der Waals surface area contributed by atoms with Gasteiger partial charge < -0.3 is 5.11 Å². The molecule has 0 amide bonds. The number of benzene rings is 1. The molecule has 0 saturated heterocycles. The molecule has 0 saturated carbocycles. The second-order valence-corrected chi connectivity index (χ2v) is 3.72. The monoisotopic (exact) mass is 219 g/mol. The van der Waals surface area contributed by atoms with E-state index in [0.717, 1.165) is 11.1 Å². The molecule has 1 aromatic rings. The molecule has 0 aliphatic carbocycles. The summed E-state index contributed by atoms with van der Waals surface area (Å²) in [5.74, 6) is -0.950.